The van der Waals surface area contributed by atoms with Gasteiger partial charge in [-0.15, -0.1) is 0 Å². The van der Waals surface area contributed by atoms with Crippen LogP contribution in [-0.4, -0.2) is 40.3 Å². The summed E-state index contributed by atoms with van der Waals surface area (Å²) in [4.78, 5) is 39.7. The number of benzene rings is 2. The lowest BCUT2D eigenvalue weighted by Gasteiger charge is -2.49. The molecule has 3 aliphatic rings. The van der Waals surface area contributed by atoms with Crippen LogP contribution in [0.3, 0.4) is 0 Å². The summed E-state index contributed by atoms with van der Waals surface area (Å²) in [5.74, 6) is -4.00. The van der Waals surface area contributed by atoms with Crippen molar-refractivity contribution in [2.45, 2.75) is 68.5 Å². The maximum atomic E-state index is 13.5. The lowest BCUT2D eigenvalue weighted by molar-refractivity contribution is -0.149. The van der Waals surface area contributed by atoms with E-state index in [2.05, 4.69) is 10.6 Å². The molecule has 0 amide bonds. The molecule has 35 heavy (non-hydrogen) atoms. The molecule has 4 atom stereocenters. The number of carboxylic acid groups (broad SMARTS) is 1. The maximum Gasteiger partial charge on any atom is 0.325 e. The predicted octanol–water partition coefficient (Wildman–Crippen LogP) is 4.96. The minimum absolute atomic E-state index is 0.00545. The van der Waals surface area contributed by atoms with Crippen LogP contribution in [0.15, 0.2) is 42.5 Å². The number of Topliss-reactive ketones (excluding diaryl/α,β-unsaturated/α-hetero) is 2. The van der Waals surface area contributed by atoms with Gasteiger partial charge in [0.25, 0.3) is 0 Å². The van der Waals surface area contributed by atoms with Gasteiger partial charge in [0.05, 0.1) is 5.02 Å². The van der Waals surface area contributed by atoms with E-state index in [1.54, 1.807) is 0 Å². The van der Waals surface area contributed by atoms with E-state index in [-0.39, 0.29) is 28.6 Å². The van der Waals surface area contributed by atoms with Crippen LogP contribution in [0.25, 0.3) is 0 Å². The zero-order valence-electron chi connectivity index (χ0n) is 19.2. The van der Waals surface area contributed by atoms with Gasteiger partial charge in [0.1, 0.15) is 11.4 Å². The average molecular weight is 499 g/mol. The average Bonchev–Trinajstić information content (AvgIpc) is 3.26. The van der Waals surface area contributed by atoms with Gasteiger partial charge < -0.3 is 10.4 Å². The van der Waals surface area contributed by atoms with Crippen LogP contribution in [0.2, 0.25) is 5.02 Å². The number of ketones is 2. The fourth-order valence-electron chi connectivity index (χ4n) is 6.12. The van der Waals surface area contributed by atoms with Crippen LogP contribution < -0.4 is 10.6 Å². The number of halogens is 2. The van der Waals surface area contributed by atoms with Gasteiger partial charge in [-0.1, -0.05) is 42.6 Å². The third-order valence-corrected chi connectivity index (χ3v) is 8.29. The van der Waals surface area contributed by atoms with Crippen LogP contribution in [0.5, 0.6) is 0 Å². The van der Waals surface area contributed by atoms with Crippen LogP contribution in [0.1, 0.15) is 66.8 Å². The highest BCUT2D eigenvalue weighted by Crippen LogP contribution is 2.52. The molecule has 1 aliphatic heterocycles. The molecular formula is C27H28ClFN2O4. The molecule has 184 valence electrons. The number of para-hydroxylation sites is 1. The third kappa shape index (κ3) is 4.25. The minimum Gasteiger partial charge on any atom is -0.480 e. The molecule has 2 fully saturated rings. The van der Waals surface area contributed by atoms with Crippen molar-refractivity contribution in [3.63, 3.8) is 0 Å². The van der Waals surface area contributed by atoms with Crippen molar-refractivity contribution in [2.24, 2.45) is 5.92 Å². The van der Waals surface area contributed by atoms with Crippen molar-refractivity contribution in [3.05, 3.63) is 64.4 Å². The summed E-state index contributed by atoms with van der Waals surface area (Å²) in [6.45, 7) is 0. The van der Waals surface area contributed by atoms with E-state index < -0.39 is 41.2 Å². The Labute approximate surface area is 208 Å². The molecule has 0 spiro atoms. The van der Waals surface area contributed by atoms with E-state index in [0.717, 1.165) is 61.9 Å². The molecule has 3 N–H and O–H groups in total. The molecule has 0 radical (unpaired) electrons. The Morgan fingerprint density at radius 3 is 2.51 bits per heavy atom. The number of anilines is 1. The summed E-state index contributed by atoms with van der Waals surface area (Å²) in [6.07, 6.45) is 4.85. The van der Waals surface area contributed by atoms with E-state index in [9.17, 15) is 23.9 Å². The van der Waals surface area contributed by atoms with Crippen LogP contribution in [-0.2, 0) is 9.59 Å². The van der Waals surface area contributed by atoms with Gasteiger partial charge in [0, 0.05) is 35.7 Å². The molecule has 2 aromatic carbocycles. The SMILES string of the molecule is O=C(CC(NC1CCC1)(C(=O)O)C1c2ccccc2N[C@@H]2CCC[C@H]12)C(=O)c1ccc(F)cc1Cl. The minimum atomic E-state index is -1.66. The van der Waals surface area contributed by atoms with Gasteiger partial charge in [-0.2, -0.15) is 0 Å². The van der Waals surface area contributed by atoms with Gasteiger partial charge in [0.2, 0.25) is 11.6 Å². The lowest BCUT2D eigenvalue weighted by atomic mass is 9.64. The highest BCUT2D eigenvalue weighted by Gasteiger charge is 2.56. The molecule has 2 aromatic rings. The fourth-order valence-corrected chi connectivity index (χ4v) is 6.38. The zero-order chi connectivity index (χ0) is 24.7. The van der Waals surface area contributed by atoms with E-state index >= 15 is 0 Å². The molecule has 0 saturated heterocycles. The number of aliphatic carboxylic acids is 1. The molecule has 2 saturated carbocycles. The van der Waals surface area contributed by atoms with Gasteiger partial charge in [-0.05, 0) is 61.4 Å². The molecule has 0 bridgehead atoms. The van der Waals surface area contributed by atoms with Crippen LogP contribution in [0.4, 0.5) is 10.1 Å². The molecule has 5 rings (SSSR count). The Kier molecular flexibility index (Phi) is 6.40. The van der Waals surface area contributed by atoms with Crippen LogP contribution >= 0.6 is 11.6 Å². The van der Waals surface area contributed by atoms with Crippen molar-refractivity contribution >= 4 is 34.8 Å². The quantitative estimate of drug-likeness (QED) is 0.351. The lowest BCUT2D eigenvalue weighted by Crippen LogP contribution is -2.64. The topological polar surface area (TPSA) is 95.5 Å². The van der Waals surface area contributed by atoms with Gasteiger partial charge >= 0.3 is 5.97 Å². The molecule has 6 nitrogen and oxygen atoms in total. The predicted molar refractivity (Wildman–Crippen MR) is 130 cm³/mol. The second-order valence-electron chi connectivity index (χ2n) is 10.0. The van der Waals surface area contributed by atoms with Crippen molar-refractivity contribution < 1.29 is 23.9 Å². The second-order valence-corrected chi connectivity index (χ2v) is 10.4. The van der Waals surface area contributed by atoms with Gasteiger partial charge in [-0.3, -0.25) is 19.7 Å². The first kappa shape index (κ1) is 23.9. The smallest absolute Gasteiger partial charge is 0.325 e. The zero-order valence-corrected chi connectivity index (χ0v) is 20.0. The fraction of sp³-hybridized carbons (Fsp3) is 0.444. The normalized spacial score (nSPS) is 24.9. The summed E-state index contributed by atoms with van der Waals surface area (Å²) in [5.41, 5.74) is -0.0482. The Bertz CT molecular complexity index is 1180. The highest BCUT2D eigenvalue weighted by atomic mass is 35.5. The Morgan fingerprint density at radius 2 is 1.83 bits per heavy atom. The summed E-state index contributed by atoms with van der Waals surface area (Å²) in [5, 5.41) is 17.5. The molecule has 8 heteroatoms. The Balaban J connectivity index is 1.58. The summed E-state index contributed by atoms with van der Waals surface area (Å²) >= 11 is 6.05. The van der Waals surface area contributed by atoms with E-state index in [0.29, 0.717) is 0 Å². The first-order chi connectivity index (χ1) is 16.8. The first-order valence-electron chi connectivity index (χ1n) is 12.2. The van der Waals surface area contributed by atoms with Gasteiger partial charge in [0.15, 0.2) is 0 Å². The number of nitrogens with one attached hydrogen (secondary N) is 2. The second kappa shape index (κ2) is 9.36. The van der Waals surface area contributed by atoms with E-state index in [1.807, 2.05) is 24.3 Å². The van der Waals surface area contributed by atoms with Crippen molar-refractivity contribution in [1.82, 2.24) is 5.32 Å². The third-order valence-electron chi connectivity index (χ3n) is 7.98. The summed E-state index contributed by atoms with van der Waals surface area (Å²) in [6, 6.07) is 10.9. The van der Waals surface area contributed by atoms with Gasteiger partial charge in [-0.25, -0.2) is 4.39 Å². The first-order valence-corrected chi connectivity index (χ1v) is 12.6. The summed E-state index contributed by atoms with van der Waals surface area (Å²) < 4.78 is 13.5. The maximum absolute atomic E-state index is 13.5. The van der Waals surface area contributed by atoms with Crippen molar-refractivity contribution in [1.29, 1.82) is 0 Å². The standard InChI is InChI=1S/C27H28ClFN2O4/c28-20-13-15(29)11-12-17(20)25(33)23(32)14-27(26(34)35,31-16-5-3-6-16)24-18-7-1-2-9-21(18)30-22-10-4-8-19(22)24/h1-2,7,9,11-13,16,19,22,24,30-31H,3-6,8,10,14H2,(H,34,35)/t19-,22+,24?,27?/m0/s1. The number of hydrogen-bond donors (Lipinski definition) is 3. The molecule has 0 aromatic heterocycles. The number of hydrogen-bond acceptors (Lipinski definition) is 5. The van der Waals surface area contributed by atoms with E-state index in [4.69, 9.17) is 11.6 Å². The number of carbonyl (C=O) groups excluding carboxylic acids is 2. The Hall–Kier alpha value is -2.77. The monoisotopic (exact) mass is 498 g/mol. The van der Waals surface area contributed by atoms with Crippen molar-refractivity contribution in [3.8, 4) is 0 Å². The summed E-state index contributed by atoms with van der Waals surface area (Å²) in [7, 11) is 0. The highest BCUT2D eigenvalue weighted by molar-refractivity contribution is 6.48. The number of carbonyl (C=O) groups is 3. The largest absolute Gasteiger partial charge is 0.480 e. The molecule has 2 unspecified atom stereocenters. The van der Waals surface area contributed by atoms with Crippen LogP contribution in [0, 0.1) is 11.7 Å². The molecule has 1 heterocycles. The number of carboxylic acids is 1. The molecule has 2 aliphatic carbocycles. The van der Waals surface area contributed by atoms with Crippen molar-refractivity contribution in [2.75, 3.05) is 5.32 Å². The number of rotatable bonds is 8. The number of fused-ring (bicyclic) bond motifs is 2. The van der Waals surface area contributed by atoms with E-state index in [1.165, 1.54) is 6.07 Å². The molecular weight excluding hydrogens is 471 g/mol. The Morgan fingerprint density at radius 1 is 1.09 bits per heavy atom.